The van der Waals surface area contributed by atoms with Crippen molar-refractivity contribution in [3.8, 4) is 10.4 Å². The largest absolute Gasteiger partial charge is 0.460 e. The molecule has 0 spiro atoms. The van der Waals surface area contributed by atoms with Gasteiger partial charge in [0.25, 0.3) is 0 Å². The summed E-state index contributed by atoms with van der Waals surface area (Å²) in [4.78, 5) is 58.4. The molecule has 0 saturated carbocycles. The average Bonchev–Trinajstić information content (AvgIpc) is 3.65. The van der Waals surface area contributed by atoms with Crippen LogP contribution in [0.1, 0.15) is 72.1 Å². The first-order chi connectivity index (χ1) is 23.5. The van der Waals surface area contributed by atoms with Gasteiger partial charge in [-0.1, -0.05) is 45.0 Å². The van der Waals surface area contributed by atoms with E-state index in [-0.39, 0.29) is 70.0 Å². The fourth-order valence-corrected chi connectivity index (χ4v) is 6.08. The van der Waals surface area contributed by atoms with E-state index in [1.165, 1.54) is 4.90 Å². The molecule has 1 aliphatic heterocycles. The van der Waals surface area contributed by atoms with E-state index in [1.54, 1.807) is 11.3 Å². The highest BCUT2D eigenvalue weighted by Gasteiger charge is 2.44. The summed E-state index contributed by atoms with van der Waals surface area (Å²) in [5.74, 6) is -1.46. The minimum Gasteiger partial charge on any atom is -0.460 e. The van der Waals surface area contributed by atoms with Gasteiger partial charge in [-0.05, 0) is 44.2 Å². The van der Waals surface area contributed by atoms with Gasteiger partial charge in [-0.2, -0.15) is 0 Å². The lowest BCUT2D eigenvalue weighted by atomic mass is 9.85. The monoisotopic (exact) mass is 718 g/mol. The second kappa shape index (κ2) is 19.3. The van der Waals surface area contributed by atoms with Crippen molar-refractivity contribution in [2.75, 3.05) is 46.2 Å². The number of β-amino-alcohol motifs (C(OH)–C–C–N with tert-alkyl or cyclic N) is 1. The van der Waals surface area contributed by atoms with Crippen molar-refractivity contribution >= 4 is 35.0 Å². The van der Waals surface area contributed by atoms with Crippen molar-refractivity contribution < 1.29 is 43.2 Å². The Morgan fingerprint density at radius 1 is 0.940 bits per heavy atom. The number of carbonyl (C=O) groups is 4. The number of thiazole rings is 1. The Hall–Kier alpha value is -3.43. The number of likely N-dealkylation sites (tertiary alicyclic amines) is 1. The van der Waals surface area contributed by atoms with Crippen molar-refractivity contribution in [3.05, 3.63) is 41.0 Å². The van der Waals surface area contributed by atoms with Crippen molar-refractivity contribution in [3.63, 3.8) is 0 Å². The zero-order valence-electron chi connectivity index (χ0n) is 30.4. The Morgan fingerprint density at radius 2 is 1.54 bits per heavy atom. The molecular formula is C36H54N4O9S. The number of nitrogens with one attached hydrogen (secondary N) is 2. The number of ether oxygens (including phenoxy) is 4. The van der Waals surface area contributed by atoms with Gasteiger partial charge in [0, 0.05) is 25.9 Å². The van der Waals surface area contributed by atoms with Gasteiger partial charge in [-0.15, -0.1) is 11.3 Å². The molecule has 3 amide bonds. The lowest BCUT2D eigenvalue weighted by molar-refractivity contribution is -0.156. The van der Waals surface area contributed by atoms with Crippen molar-refractivity contribution in [1.29, 1.82) is 0 Å². The summed E-state index contributed by atoms with van der Waals surface area (Å²) >= 11 is 1.57. The number of aliphatic hydroxyl groups excluding tert-OH is 1. The predicted octanol–water partition coefficient (Wildman–Crippen LogP) is 3.40. The van der Waals surface area contributed by atoms with Gasteiger partial charge in [0.15, 0.2) is 0 Å². The number of rotatable bonds is 18. The number of benzene rings is 1. The van der Waals surface area contributed by atoms with Crippen LogP contribution in [-0.2, 0) is 44.7 Å². The number of nitrogens with zero attached hydrogens (tertiary/aromatic N) is 2. The Kier molecular flexibility index (Phi) is 15.8. The Bertz CT molecular complexity index is 1400. The highest BCUT2D eigenvalue weighted by molar-refractivity contribution is 7.13. The van der Waals surface area contributed by atoms with Gasteiger partial charge in [-0.25, -0.2) is 4.98 Å². The molecule has 1 fully saturated rings. The highest BCUT2D eigenvalue weighted by Crippen LogP contribution is 2.28. The fourth-order valence-electron chi connectivity index (χ4n) is 5.27. The number of aryl methyl sites for hydroxylation is 1. The molecule has 1 saturated heterocycles. The maximum atomic E-state index is 13.8. The molecular weight excluding hydrogens is 664 g/mol. The molecule has 0 aliphatic carbocycles. The van der Waals surface area contributed by atoms with Crippen LogP contribution in [0.5, 0.6) is 0 Å². The molecule has 50 heavy (non-hydrogen) atoms. The van der Waals surface area contributed by atoms with E-state index in [4.69, 9.17) is 18.9 Å². The van der Waals surface area contributed by atoms with Crippen LogP contribution in [0, 0.1) is 12.3 Å². The minimum atomic E-state index is -0.919. The quantitative estimate of drug-likeness (QED) is 0.154. The third kappa shape index (κ3) is 13.7. The number of hydrogen-bond donors (Lipinski definition) is 3. The molecule has 0 radical (unpaired) electrons. The minimum absolute atomic E-state index is 0.000159. The van der Waals surface area contributed by atoms with E-state index >= 15 is 0 Å². The summed E-state index contributed by atoms with van der Waals surface area (Å²) in [6, 6.07) is 6.08. The average molecular weight is 719 g/mol. The van der Waals surface area contributed by atoms with E-state index in [0.29, 0.717) is 19.8 Å². The first kappa shape index (κ1) is 41.0. The van der Waals surface area contributed by atoms with Crippen LogP contribution in [0.4, 0.5) is 0 Å². The first-order valence-electron chi connectivity index (χ1n) is 17.0. The van der Waals surface area contributed by atoms with E-state index in [9.17, 15) is 24.3 Å². The van der Waals surface area contributed by atoms with Gasteiger partial charge in [-0.3, -0.25) is 19.2 Å². The molecule has 3 rings (SSSR count). The maximum absolute atomic E-state index is 13.8. The number of carbonyl (C=O) groups excluding carboxylic acids is 4. The molecule has 2 heterocycles. The Balaban J connectivity index is 1.39. The number of aliphatic hydroxyl groups is 1. The normalized spacial score (nSPS) is 17.0. The van der Waals surface area contributed by atoms with Gasteiger partial charge in [0.1, 0.15) is 17.7 Å². The molecule has 1 aliphatic rings. The molecule has 1 aromatic carbocycles. The highest BCUT2D eigenvalue weighted by atomic mass is 32.1. The molecule has 3 atom stereocenters. The summed E-state index contributed by atoms with van der Waals surface area (Å²) in [6.45, 7) is 14.8. The predicted molar refractivity (Wildman–Crippen MR) is 189 cm³/mol. The topological polar surface area (TPSA) is 166 Å². The first-order valence-corrected chi connectivity index (χ1v) is 17.9. The molecule has 278 valence electrons. The Labute approximate surface area is 299 Å². The summed E-state index contributed by atoms with van der Waals surface area (Å²) in [7, 11) is 0. The zero-order valence-corrected chi connectivity index (χ0v) is 31.2. The van der Waals surface area contributed by atoms with Crippen LogP contribution in [0.2, 0.25) is 0 Å². The van der Waals surface area contributed by atoms with Crippen LogP contribution in [0.15, 0.2) is 29.8 Å². The molecule has 13 nitrogen and oxygen atoms in total. The number of aromatic nitrogens is 1. The summed E-state index contributed by atoms with van der Waals surface area (Å²) < 4.78 is 21.6. The van der Waals surface area contributed by atoms with E-state index in [1.807, 2.05) is 78.2 Å². The maximum Gasteiger partial charge on any atom is 0.308 e. The van der Waals surface area contributed by atoms with Gasteiger partial charge >= 0.3 is 5.97 Å². The number of esters is 1. The number of amides is 3. The van der Waals surface area contributed by atoms with Gasteiger partial charge < -0.3 is 39.6 Å². The molecule has 3 N–H and O–H groups in total. The second-order valence-corrected chi connectivity index (χ2v) is 15.2. The van der Waals surface area contributed by atoms with Crippen molar-refractivity contribution in [2.45, 2.75) is 98.1 Å². The lowest BCUT2D eigenvalue weighted by Gasteiger charge is -2.35. The van der Waals surface area contributed by atoms with Crippen LogP contribution in [-0.4, -0.2) is 109 Å². The van der Waals surface area contributed by atoms with Crippen LogP contribution in [0.25, 0.3) is 10.4 Å². The SMILES string of the molecule is Cc1ncsc1-c1ccc(CNC(=O)[C@@H]2C[C@H](O)CN2C(=O)[C@@H](NC(=O)CCOCCOCCOCCC(=O)OC(C)(C)C)C(C)(C)C)cc1. The third-order valence-electron chi connectivity index (χ3n) is 7.80. The lowest BCUT2D eigenvalue weighted by Crippen LogP contribution is -2.57. The van der Waals surface area contributed by atoms with Crippen molar-refractivity contribution in [2.24, 2.45) is 5.41 Å². The molecule has 2 aromatic rings. The second-order valence-electron chi connectivity index (χ2n) is 14.4. The fraction of sp³-hybridized carbons (Fsp3) is 0.639. The Morgan fingerprint density at radius 3 is 2.10 bits per heavy atom. The van der Waals surface area contributed by atoms with Crippen LogP contribution >= 0.6 is 11.3 Å². The molecule has 0 bridgehead atoms. The van der Waals surface area contributed by atoms with E-state index in [2.05, 4.69) is 15.6 Å². The summed E-state index contributed by atoms with van der Waals surface area (Å²) in [6.07, 6.45) is -0.542. The molecule has 0 unspecified atom stereocenters. The smallest absolute Gasteiger partial charge is 0.308 e. The molecule has 14 heteroatoms. The standard InChI is InChI=1S/C36H54N4O9S/c1-24-31(50-23-38-24)26-10-8-25(9-11-26)21-37-33(44)28-20-27(41)22-40(28)34(45)32(35(2,3)4)39-29(42)12-14-46-16-18-48-19-17-47-15-13-30(43)49-36(5,6)7/h8-11,23,27-28,32,41H,12-22H2,1-7H3,(H,37,44)(H,39,42)/t27-,28-,32+/m0/s1. The summed E-state index contributed by atoms with van der Waals surface area (Å²) in [5.41, 5.74) is 3.54. The van der Waals surface area contributed by atoms with Gasteiger partial charge in [0.05, 0.1) is 68.2 Å². The molecule has 1 aromatic heterocycles. The van der Waals surface area contributed by atoms with E-state index < -0.39 is 35.1 Å². The van der Waals surface area contributed by atoms with Crippen LogP contribution in [0.3, 0.4) is 0 Å². The van der Waals surface area contributed by atoms with E-state index in [0.717, 1.165) is 21.7 Å². The van der Waals surface area contributed by atoms with Crippen molar-refractivity contribution in [1.82, 2.24) is 20.5 Å². The zero-order chi connectivity index (χ0) is 36.9. The van der Waals surface area contributed by atoms with Gasteiger partial charge in [0.2, 0.25) is 17.7 Å². The summed E-state index contributed by atoms with van der Waals surface area (Å²) in [5, 5.41) is 16.2. The number of hydrogen-bond acceptors (Lipinski definition) is 11. The third-order valence-corrected chi connectivity index (χ3v) is 8.78. The van der Waals surface area contributed by atoms with Crippen LogP contribution < -0.4 is 10.6 Å².